The molecule has 1 fully saturated rings. The standard InChI is InChI=1S/C21H25N5O5S2/c1-15-3-5-17(6-4-15)20-23-21(31-24-20)16(2)25-11-13-26(14-12-25)33(29,30)19-9-7-18(8-10-19)32(22,27)28/h3-10,16H,11-14H2,1-2H3,(H2,22,27,28)/t16-/m1/s1. The summed E-state index contributed by atoms with van der Waals surface area (Å²) >= 11 is 0. The van der Waals surface area contributed by atoms with Crippen molar-refractivity contribution in [3.05, 3.63) is 60.0 Å². The molecule has 1 aromatic heterocycles. The van der Waals surface area contributed by atoms with E-state index in [1.165, 1.54) is 28.6 Å². The molecule has 0 spiro atoms. The molecule has 0 unspecified atom stereocenters. The lowest BCUT2D eigenvalue weighted by atomic mass is 10.1. The summed E-state index contributed by atoms with van der Waals surface area (Å²) in [5.74, 6) is 0.987. The fourth-order valence-corrected chi connectivity index (χ4v) is 5.60. The number of benzene rings is 2. The first kappa shape index (κ1) is 23.5. The van der Waals surface area contributed by atoms with E-state index in [2.05, 4.69) is 15.0 Å². The molecule has 1 saturated heterocycles. The molecule has 1 atom stereocenters. The molecular formula is C21H25N5O5S2. The molecule has 2 N–H and O–H groups in total. The maximum absolute atomic E-state index is 13.0. The molecule has 3 aromatic rings. The molecule has 1 aliphatic heterocycles. The lowest BCUT2D eigenvalue weighted by molar-refractivity contribution is 0.124. The zero-order valence-electron chi connectivity index (χ0n) is 18.2. The van der Waals surface area contributed by atoms with Crippen molar-refractivity contribution in [2.24, 2.45) is 5.14 Å². The van der Waals surface area contributed by atoms with Crippen LogP contribution in [0.2, 0.25) is 0 Å². The van der Waals surface area contributed by atoms with E-state index < -0.39 is 20.0 Å². The normalized spacial score (nSPS) is 17.2. The van der Waals surface area contributed by atoms with Gasteiger partial charge in [0.25, 0.3) is 0 Å². The number of aryl methyl sites for hydroxylation is 1. The number of nitrogens with two attached hydrogens (primary N) is 1. The van der Waals surface area contributed by atoms with Crippen molar-refractivity contribution in [1.82, 2.24) is 19.3 Å². The molecular weight excluding hydrogens is 466 g/mol. The Hall–Kier alpha value is -2.64. The smallest absolute Gasteiger partial charge is 0.244 e. The Morgan fingerprint density at radius 2 is 1.48 bits per heavy atom. The zero-order valence-corrected chi connectivity index (χ0v) is 19.9. The van der Waals surface area contributed by atoms with Crippen molar-refractivity contribution in [3.63, 3.8) is 0 Å². The lowest BCUT2D eigenvalue weighted by Gasteiger charge is -2.36. The summed E-state index contributed by atoms with van der Waals surface area (Å²) in [7, 11) is -7.64. The molecule has 1 aliphatic rings. The van der Waals surface area contributed by atoms with Crippen LogP contribution in [0.25, 0.3) is 11.4 Å². The predicted molar refractivity (Wildman–Crippen MR) is 121 cm³/mol. The van der Waals surface area contributed by atoms with Crippen molar-refractivity contribution in [2.75, 3.05) is 26.2 Å². The van der Waals surface area contributed by atoms with Gasteiger partial charge in [-0.05, 0) is 38.1 Å². The van der Waals surface area contributed by atoms with E-state index in [1.54, 1.807) is 0 Å². The topological polar surface area (TPSA) is 140 Å². The Bertz CT molecular complexity index is 1330. The molecule has 0 amide bonds. The minimum absolute atomic E-state index is 0.0241. The predicted octanol–water partition coefficient (Wildman–Crippen LogP) is 1.76. The van der Waals surface area contributed by atoms with E-state index in [0.29, 0.717) is 24.8 Å². The highest BCUT2D eigenvalue weighted by Gasteiger charge is 2.32. The van der Waals surface area contributed by atoms with Gasteiger partial charge in [0, 0.05) is 31.7 Å². The summed E-state index contributed by atoms with van der Waals surface area (Å²) < 4.78 is 55.6. The number of piperazine rings is 1. The second-order valence-corrected chi connectivity index (χ2v) is 11.5. The third-order valence-electron chi connectivity index (χ3n) is 5.72. The Kier molecular flexibility index (Phi) is 6.38. The van der Waals surface area contributed by atoms with Crippen LogP contribution in [-0.2, 0) is 20.0 Å². The second-order valence-electron chi connectivity index (χ2n) is 7.95. The van der Waals surface area contributed by atoms with Crippen molar-refractivity contribution in [2.45, 2.75) is 29.7 Å². The van der Waals surface area contributed by atoms with Crippen LogP contribution in [0.1, 0.15) is 24.4 Å². The molecule has 4 rings (SSSR count). The molecule has 10 nitrogen and oxygen atoms in total. The third kappa shape index (κ3) is 4.99. The molecule has 0 aliphatic carbocycles. The quantitative estimate of drug-likeness (QED) is 0.550. The monoisotopic (exact) mass is 491 g/mol. The lowest BCUT2D eigenvalue weighted by Crippen LogP contribution is -2.49. The Balaban J connectivity index is 1.41. The second kappa shape index (κ2) is 8.95. The average Bonchev–Trinajstić information content (AvgIpc) is 3.29. The maximum Gasteiger partial charge on any atom is 0.244 e. The fourth-order valence-electron chi connectivity index (χ4n) is 3.66. The van der Waals surface area contributed by atoms with Crippen LogP contribution in [0.5, 0.6) is 0 Å². The van der Waals surface area contributed by atoms with Crippen LogP contribution in [0, 0.1) is 6.92 Å². The van der Waals surface area contributed by atoms with Crippen molar-refractivity contribution >= 4 is 20.0 Å². The molecule has 2 aromatic carbocycles. The summed E-state index contributed by atoms with van der Waals surface area (Å²) in [5.41, 5.74) is 2.01. The molecule has 0 radical (unpaired) electrons. The Morgan fingerprint density at radius 1 is 0.909 bits per heavy atom. The summed E-state index contributed by atoms with van der Waals surface area (Å²) in [4.78, 5) is 6.49. The number of hydrogen-bond donors (Lipinski definition) is 1. The average molecular weight is 492 g/mol. The van der Waals surface area contributed by atoms with Gasteiger partial charge in [0.15, 0.2) is 0 Å². The molecule has 0 bridgehead atoms. The van der Waals surface area contributed by atoms with E-state index in [-0.39, 0.29) is 28.9 Å². The van der Waals surface area contributed by atoms with Gasteiger partial charge in [-0.2, -0.15) is 9.29 Å². The van der Waals surface area contributed by atoms with Crippen molar-refractivity contribution < 1.29 is 21.4 Å². The van der Waals surface area contributed by atoms with Crippen LogP contribution < -0.4 is 5.14 Å². The maximum atomic E-state index is 13.0. The Morgan fingerprint density at radius 3 is 2.06 bits per heavy atom. The molecule has 2 heterocycles. The van der Waals surface area contributed by atoms with E-state index in [0.717, 1.165) is 11.1 Å². The number of primary sulfonamides is 1. The highest BCUT2D eigenvalue weighted by Crippen LogP contribution is 2.26. The third-order valence-corrected chi connectivity index (χ3v) is 8.56. The van der Waals surface area contributed by atoms with E-state index in [4.69, 9.17) is 9.66 Å². The summed E-state index contributed by atoms with van der Waals surface area (Å²) in [5, 5.41) is 9.16. The van der Waals surface area contributed by atoms with E-state index in [1.807, 2.05) is 38.1 Å². The highest BCUT2D eigenvalue weighted by atomic mass is 32.2. The number of aromatic nitrogens is 2. The van der Waals surface area contributed by atoms with Gasteiger partial charge in [-0.15, -0.1) is 0 Å². The van der Waals surface area contributed by atoms with E-state index in [9.17, 15) is 16.8 Å². The van der Waals surface area contributed by atoms with Gasteiger partial charge in [-0.3, -0.25) is 4.90 Å². The number of rotatable bonds is 6. The Labute approximate surface area is 193 Å². The zero-order chi connectivity index (χ0) is 23.8. The summed E-state index contributed by atoms with van der Waals surface area (Å²) in [6, 6.07) is 12.6. The van der Waals surface area contributed by atoms with Crippen molar-refractivity contribution in [3.8, 4) is 11.4 Å². The molecule has 0 saturated carbocycles. The van der Waals surface area contributed by atoms with Gasteiger partial charge in [0.05, 0.1) is 15.8 Å². The van der Waals surface area contributed by atoms with Crippen LogP contribution >= 0.6 is 0 Å². The van der Waals surface area contributed by atoms with Gasteiger partial charge >= 0.3 is 0 Å². The first-order valence-corrected chi connectivity index (χ1v) is 13.3. The van der Waals surface area contributed by atoms with Gasteiger partial charge in [-0.25, -0.2) is 22.0 Å². The van der Waals surface area contributed by atoms with Crippen LogP contribution in [0.4, 0.5) is 0 Å². The van der Waals surface area contributed by atoms with Gasteiger partial charge < -0.3 is 4.52 Å². The first-order valence-electron chi connectivity index (χ1n) is 10.3. The highest BCUT2D eigenvalue weighted by molar-refractivity contribution is 7.89. The SMILES string of the molecule is Cc1ccc(-c2noc([C@@H](C)N3CCN(S(=O)(=O)c4ccc(S(N)(=O)=O)cc4)CC3)n2)cc1. The first-order chi connectivity index (χ1) is 15.6. The largest absolute Gasteiger partial charge is 0.337 e. The number of nitrogens with zero attached hydrogens (tertiary/aromatic N) is 4. The van der Waals surface area contributed by atoms with Crippen LogP contribution in [0.15, 0.2) is 62.8 Å². The summed E-state index contributed by atoms with van der Waals surface area (Å²) in [6.45, 7) is 5.48. The molecule has 12 heteroatoms. The summed E-state index contributed by atoms with van der Waals surface area (Å²) in [6.07, 6.45) is 0. The van der Waals surface area contributed by atoms with Gasteiger partial charge in [0.2, 0.25) is 31.8 Å². The van der Waals surface area contributed by atoms with Crippen LogP contribution in [0.3, 0.4) is 0 Å². The van der Waals surface area contributed by atoms with E-state index >= 15 is 0 Å². The van der Waals surface area contributed by atoms with Crippen molar-refractivity contribution in [1.29, 1.82) is 0 Å². The van der Waals surface area contributed by atoms with Crippen LogP contribution in [-0.4, -0.2) is 62.4 Å². The molecule has 176 valence electrons. The fraction of sp³-hybridized carbons (Fsp3) is 0.333. The van der Waals surface area contributed by atoms with Gasteiger partial charge in [0.1, 0.15) is 0 Å². The minimum atomic E-state index is -3.89. The van der Waals surface area contributed by atoms with Gasteiger partial charge in [-0.1, -0.05) is 35.0 Å². The number of hydrogen-bond acceptors (Lipinski definition) is 8. The minimum Gasteiger partial charge on any atom is -0.337 e. The number of sulfonamides is 2. The molecule has 33 heavy (non-hydrogen) atoms.